The summed E-state index contributed by atoms with van der Waals surface area (Å²) in [6, 6.07) is 8.47. The van der Waals surface area contributed by atoms with E-state index in [4.69, 9.17) is 10.8 Å². The molecule has 2 nitrogen and oxygen atoms in total. The molecule has 0 fully saturated rings. The first-order valence-corrected chi connectivity index (χ1v) is 6.79. The van der Waals surface area contributed by atoms with Crippen LogP contribution >= 0.6 is 11.8 Å². The summed E-state index contributed by atoms with van der Waals surface area (Å²) in [6.07, 6.45) is 0. The fourth-order valence-electron chi connectivity index (χ4n) is 1.36. The van der Waals surface area contributed by atoms with E-state index in [1.54, 1.807) is 0 Å². The van der Waals surface area contributed by atoms with E-state index in [9.17, 15) is 0 Å². The molecule has 1 rings (SSSR count). The van der Waals surface area contributed by atoms with Crippen LogP contribution in [0.25, 0.3) is 0 Å². The number of aliphatic hydroxyl groups is 1. The number of thioether (sulfide) groups is 1. The fraction of sp³-hybridized carbons (Fsp3) is 0.538. The van der Waals surface area contributed by atoms with Gasteiger partial charge in [0.1, 0.15) is 0 Å². The molecule has 1 aromatic carbocycles. The van der Waals surface area contributed by atoms with Gasteiger partial charge in [0.05, 0.1) is 0 Å². The van der Waals surface area contributed by atoms with Gasteiger partial charge in [0, 0.05) is 18.4 Å². The van der Waals surface area contributed by atoms with E-state index < -0.39 is 0 Å². The number of hydrogen-bond donors (Lipinski definition) is 2. The predicted octanol–water partition coefficient (Wildman–Crippen LogP) is 2.36. The SMILES string of the molecule is Cc1ccc(C(N)CSCC(C)CO)cc1. The number of benzene rings is 1. The standard InChI is InChI=1S/C13H21NOS/c1-10-3-5-12(6-4-10)13(14)9-16-8-11(2)7-15/h3-6,11,13,15H,7-9,14H2,1-2H3. The zero-order valence-electron chi connectivity index (χ0n) is 10.0. The lowest BCUT2D eigenvalue weighted by molar-refractivity contribution is 0.250. The Morgan fingerprint density at radius 2 is 1.88 bits per heavy atom. The van der Waals surface area contributed by atoms with E-state index in [1.165, 1.54) is 11.1 Å². The van der Waals surface area contributed by atoms with Crippen molar-refractivity contribution < 1.29 is 5.11 Å². The molecular formula is C13H21NOS. The van der Waals surface area contributed by atoms with E-state index in [0.717, 1.165) is 11.5 Å². The Bertz CT molecular complexity index is 299. The maximum absolute atomic E-state index is 8.90. The zero-order chi connectivity index (χ0) is 12.0. The van der Waals surface area contributed by atoms with E-state index in [2.05, 4.69) is 31.2 Å². The Labute approximate surface area is 102 Å². The molecule has 16 heavy (non-hydrogen) atoms. The van der Waals surface area contributed by atoms with Crippen LogP contribution in [-0.2, 0) is 0 Å². The molecule has 0 aromatic heterocycles. The normalized spacial score (nSPS) is 14.8. The van der Waals surface area contributed by atoms with Crippen molar-refractivity contribution in [2.45, 2.75) is 19.9 Å². The second-order valence-electron chi connectivity index (χ2n) is 4.34. The first-order valence-electron chi connectivity index (χ1n) is 5.64. The Balaban J connectivity index is 2.35. The highest BCUT2D eigenvalue weighted by atomic mass is 32.2. The molecule has 2 atom stereocenters. The maximum Gasteiger partial charge on any atom is 0.0464 e. The first-order chi connectivity index (χ1) is 7.63. The van der Waals surface area contributed by atoms with Crippen molar-refractivity contribution in [1.29, 1.82) is 0 Å². The Hall–Kier alpha value is -0.510. The van der Waals surface area contributed by atoms with Gasteiger partial charge in [-0.15, -0.1) is 0 Å². The monoisotopic (exact) mass is 239 g/mol. The highest BCUT2D eigenvalue weighted by Crippen LogP contribution is 2.18. The van der Waals surface area contributed by atoms with E-state index >= 15 is 0 Å². The third-order valence-electron chi connectivity index (χ3n) is 2.52. The summed E-state index contributed by atoms with van der Waals surface area (Å²) >= 11 is 1.81. The maximum atomic E-state index is 8.90. The number of aliphatic hydroxyl groups excluding tert-OH is 1. The smallest absolute Gasteiger partial charge is 0.0464 e. The Morgan fingerprint density at radius 1 is 1.25 bits per heavy atom. The van der Waals surface area contributed by atoms with Crippen molar-refractivity contribution in [3.63, 3.8) is 0 Å². The van der Waals surface area contributed by atoms with Crippen molar-refractivity contribution in [3.8, 4) is 0 Å². The Kier molecular flexibility index (Phi) is 5.88. The van der Waals surface area contributed by atoms with Gasteiger partial charge in [0.2, 0.25) is 0 Å². The van der Waals surface area contributed by atoms with Crippen LogP contribution < -0.4 is 5.73 Å². The minimum atomic E-state index is 0.0940. The second kappa shape index (κ2) is 6.94. The average molecular weight is 239 g/mol. The largest absolute Gasteiger partial charge is 0.396 e. The molecule has 1 aromatic rings. The quantitative estimate of drug-likeness (QED) is 0.801. The van der Waals surface area contributed by atoms with E-state index in [1.807, 2.05) is 18.7 Å². The molecular weight excluding hydrogens is 218 g/mol. The lowest BCUT2D eigenvalue weighted by atomic mass is 10.1. The molecule has 0 radical (unpaired) electrons. The third kappa shape index (κ3) is 4.56. The molecule has 3 heteroatoms. The van der Waals surface area contributed by atoms with Crippen molar-refractivity contribution in [3.05, 3.63) is 35.4 Å². The molecule has 0 amide bonds. The molecule has 0 saturated carbocycles. The zero-order valence-corrected chi connectivity index (χ0v) is 10.8. The van der Waals surface area contributed by atoms with Gasteiger partial charge in [-0.1, -0.05) is 36.8 Å². The molecule has 0 saturated heterocycles. The molecule has 0 aliphatic rings. The summed E-state index contributed by atoms with van der Waals surface area (Å²) in [5.74, 6) is 2.24. The number of nitrogens with two attached hydrogens (primary N) is 1. The first kappa shape index (κ1) is 13.6. The van der Waals surface area contributed by atoms with Crippen LogP contribution in [0.4, 0.5) is 0 Å². The van der Waals surface area contributed by atoms with Gasteiger partial charge >= 0.3 is 0 Å². The van der Waals surface area contributed by atoms with Gasteiger partial charge in [0.15, 0.2) is 0 Å². The van der Waals surface area contributed by atoms with Crippen LogP contribution in [0.1, 0.15) is 24.1 Å². The molecule has 2 unspecified atom stereocenters. The number of aryl methyl sites for hydroxylation is 1. The van der Waals surface area contributed by atoms with Gasteiger partial charge in [-0.2, -0.15) is 11.8 Å². The van der Waals surface area contributed by atoms with Crippen LogP contribution in [-0.4, -0.2) is 23.2 Å². The number of rotatable bonds is 6. The van der Waals surface area contributed by atoms with Crippen LogP contribution in [0.15, 0.2) is 24.3 Å². The summed E-state index contributed by atoms with van der Waals surface area (Å²) in [4.78, 5) is 0. The highest BCUT2D eigenvalue weighted by molar-refractivity contribution is 7.99. The second-order valence-corrected chi connectivity index (χ2v) is 5.42. The van der Waals surface area contributed by atoms with Crippen LogP contribution in [0.3, 0.4) is 0 Å². The third-order valence-corrected chi connectivity index (χ3v) is 3.92. The molecule has 0 heterocycles. The van der Waals surface area contributed by atoms with Gasteiger partial charge in [-0.3, -0.25) is 0 Å². The lowest BCUT2D eigenvalue weighted by Gasteiger charge is -2.13. The van der Waals surface area contributed by atoms with Gasteiger partial charge in [-0.05, 0) is 24.2 Å². The summed E-state index contributed by atoms with van der Waals surface area (Å²) in [5, 5.41) is 8.90. The summed E-state index contributed by atoms with van der Waals surface area (Å²) < 4.78 is 0. The van der Waals surface area contributed by atoms with Crippen LogP contribution in [0.5, 0.6) is 0 Å². The molecule has 3 N–H and O–H groups in total. The fourth-order valence-corrected chi connectivity index (χ4v) is 2.45. The van der Waals surface area contributed by atoms with Crippen LogP contribution in [0, 0.1) is 12.8 Å². The van der Waals surface area contributed by atoms with Gasteiger partial charge in [-0.25, -0.2) is 0 Å². The molecule has 0 bridgehead atoms. The highest BCUT2D eigenvalue weighted by Gasteiger charge is 2.07. The molecule has 90 valence electrons. The van der Waals surface area contributed by atoms with Gasteiger partial charge in [0.25, 0.3) is 0 Å². The summed E-state index contributed by atoms with van der Waals surface area (Å²) in [7, 11) is 0. The molecule has 0 aliphatic carbocycles. The lowest BCUT2D eigenvalue weighted by Crippen LogP contribution is -2.14. The van der Waals surface area contributed by atoms with Crippen molar-refractivity contribution in [1.82, 2.24) is 0 Å². The van der Waals surface area contributed by atoms with Crippen molar-refractivity contribution in [2.75, 3.05) is 18.1 Å². The van der Waals surface area contributed by atoms with E-state index in [-0.39, 0.29) is 12.6 Å². The van der Waals surface area contributed by atoms with Crippen LogP contribution in [0.2, 0.25) is 0 Å². The Morgan fingerprint density at radius 3 is 2.44 bits per heavy atom. The van der Waals surface area contributed by atoms with Gasteiger partial charge < -0.3 is 10.8 Å². The van der Waals surface area contributed by atoms with Crippen molar-refractivity contribution in [2.24, 2.45) is 11.7 Å². The molecule has 0 spiro atoms. The molecule has 0 aliphatic heterocycles. The summed E-state index contributed by atoms with van der Waals surface area (Å²) in [6.45, 7) is 4.38. The minimum Gasteiger partial charge on any atom is -0.396 e. The average Bonchev–Trinajstić information content (AvgIpc) is 2.29. The topological polar surface area (TPSA) is 46.2 Å². The minimum absolute atomic E-state index is 0.0940. The van der Waals surface area contributed by atoms with E-state index in [0.29, 0.717) is 5.92 Å². The number of hydrogen-bond acceptors (Lipinski definition) is 3. The predicted molar refractivity (Wildman–Crippen MR) is 71.7 cm³/mol. The summed E-state index contributed by atoms with van der Waals surface area (Å²) in [5.41, 5.74) is 8.54. The van der Waals surface area contributed by atoms with Crippen molar-refractivity contribution >= 4 is 11.8 Å².